The third-order valence-corrected chi connectivity index (χ3v) is 5.69. The number of carbonyl (C=O) groups is 1. The lowest BCUT2D eigenvalue weighted by molar-refractivity contribution is 0.0660. The third kappa shape index (κ3) is 3.79. The molecule has 0 unspecified atom stereocenters. The number of thiophene rings is 1. The summed E-state index contributed by atoms with van der Waals surface area (Å²) in [5.41, 5.74) is 1.45. The van der Waals surface area contributed by atoms with Gasteiger partial charge in [0.1, 0.15) is 0 Å². The van der Waals surface area contributed by atoms with Crippen molar-refractivity contribution in [2.24, 2.45) is 0 Å². The van der Waals surface area contributed by atoms with E-state index in [2.05, 4.69) is 18.3 Å². The van der Waals surface area contributed by atoms with E-state index in [0.29, 0.717) is 6.04 Å². The number of piperazine rings is 1. The van der Waals surface area contributed by atoms with Crippen LogP contribution in [0.25, 0.3) is 0 Å². The molecular weight excluding hydrogens is 304 g/mol. The van der Waals surface area contributed by atoms with Crippen molar-refractivity contribution in [3.8, 4) is 0 Å². The summed E-state index contributed by atoms with van der Waals surface area (Å²) < 4.78 is 0. The largest absolute Gasteiger partial charge is 0.333 e. The fourth-order valence-electron chi connectivity index (χ4n) is 3.23. The Hall–Kier alpha value is -0.580. The van der Waals surface area contributed by atoms with Gasteiger partial charge in [0.15, 0.2) is 0 Å². The summed E-state index contributed by atoms with van der Waals surface area (Å²) in [7, 11) is 0. The molecule has 2 aliphatic rings. The van der Waals surface area contributed by atoms with Crippen molar-refractivity contribution in [3.05, 3.63) is 21.4 Å². The minimum Gasteiger partial charge on any atom is -0.333 e. The first-order valence-electron chi connectivity index (χ1n) is 7.89. The summed E-state index contributed by atoms with van der Waals surface area (Å²) in [4.78, 5) is 17.2. The Balaban J connectivity index is 0.00000161. The molecular formula is C16H25ClN2OS. The number of hydrogen-bond donors (Lipinski definition) is 1. The number of rotatable bonds is 1. The molecule has 0 bridgehead atoms. The van der Waals surface area contributed by atoms with Gasteiger partial charge in [0.05, 0.1) is 4.88 Å². The average molecular weight is 329 g/mol. The van der Waals surface area contributed by atoms with Gasteiger partial charge in [-0.1, -0.05) is 12.8 Å². The van der Waals surface area contributed by atoms with E-state index in [4.69, 9.17) is 0 Å². The molecule has 1 amide bonds. The monoisotopic (exact) mass is 328 g/mol. The van der Waals surface area contributed by atoms with Gasteiger partial charge in [0.25, 0.3) is 5.91 Å². The van der Waals surface area contributed by atoms with Gasteiger partial charge < -0.3 is 10.2 Å². The van der Waals surface area contributed by atoms with Crippen molar-refractivity contribution in [2.75, 3.05) is 19.6 Å². The van der Waals surface area contributed by atoms with Crippen LogP contribution in [-0.4, -0.2) is 36.5 Å². The average Bonchev–Trinajstić information content (AvgIpc) is 2.81. The molecule has 1 N–H and O–H groups in total. The molecule has 3 rings (SSSR count). The minimum atomic E-state index is 0. The Morgan fingerprint density at radius 2 is 2.05 bits per heavy atom. The van der Waals surface area contributed by atoms with Gasteiger partial charge in [0, 0.05) is 30.6 Å². The summed E-state index contributed by atoms with van der Waals surface area (Å²) >= 11 is 1.75. The molecule has 21 heavy (non-hydrogen) atoms. The van der Waals surface area contributed by atoms with E-state index in [1.807, 2.05) is 4.90 Å². The van der Waals surface area contributed by atoms with Crippen LogP contribution >= 0.6 is 23.7 Å². The number of nitrogens with one attached hydrogen (secondary N) is 1. The Kier molecular flexibility index (Phi) is 6.08. The van der Waals surface area contributed by atoms with Gasteiger partial charge in [-0.25, -0.2) is 0 Å². The van der Waals surface area contributed by atoms with Crippen molar-refractivity contribution < 1.29 is 4.79 Å². The van der Waals surface area contributed by atoms with Gasteiger partial charge >= 0.3 is 0 Å². The Labute approximate surface area is 137 Å². The van der Waals surface area contributed by atoms with Crippen LogP contribution in [0.3, 0.4) is 0 Å². The zero-order valence-corrected chi connectivity index (χ0v) is 14.3. The predicted molar refractivity (Wildman–Crippen MR) is 90.8 cm³/mol. The summed E-state index contributed by atoms with van der Waals surface area (Å²) in [5.74, 6) is 0.246. The lowest BCUT2D eigenvalue weighted by Gasteiger charge is -2.33. The number of nitrogens with zero attached hydrogens (tertiary/aromatic N) is 1. The summed E-state index contributed by atoms with van der Waals surface area (Å²) in [5, 5.41) is 3.35. The van der Waals surface area contributed by atoms with Gasteiger partial charge in [-0.15, -0.1) is 23.7 Å². The molecule has 1 saturated heterocycles. The van der Waals surface area contributed by atoms with Crippen molar-refractivity contribution in [2.45, 2.75) is 51.5 Å². The normalized spacial score (nSPS) is 22.7. The molecule has 0 saturated carbocycles. The predicted octanol–water partition coefficient (Wildman–Crippen LogP) is 3.26. The van der Waals surface area contributed by atoms with E-state index >= 15 is 0 Å². The zero-order chi connectivity index (χ0) is 13.9. The second-order valence-corrected chi connectivity index (χ2v) is 7.16. The van der Waals surface area contributed by atoms with Crippen LogP contribution in [-0.2, 0) is 12.8 Å². The molecule has 1 aliphatic heterocycles. The number of carbonyl (C=O) groups excluding carboxylic acids is 1. The first kappa shape index (κ1) is 16.8. The highest BCUT2D eigenvalue weighted by molar-refractivity contribution is 7.14. The van der Waals surface area contributed by atoms with E-state index < -0.39 is 0 Å². The van der Waals surface area contributed by atoms with Crippen molar-refractivity contribution in [1.29, 1.82) is 0 Å². The smallest absolute Gasteiger partial charge is 0.264 e. The third-order valence-electron chi connectivity index (χ3n) is 4.47. The van der Waals surface area contributed by atoms with Crippen molar-refractivity contribution >= 4 is 29.7 Å². The number of fused-ring (bicyclic) bond motifs is 1. The highest BCUT2D eigenvalue weighted by Gasteiger charge is 2.26. The SMILES string of the molecule is C[C@H]1CNCCN1C(=O)c1cc2c(s1)CCCCCC2.Cl. The van der Waals surface area contributed by atoms with Gasteiger partial charge in [-0.3, -0.25) is 4.79 Å². The molecule has 3 nitrogen and oxygen atoms in total. The van der Waals surface area contributed by atoms with E-state index in [1.54, 1.807) is 11.3 Å². The fourth-order valence-corrected chi connectivity index (χ4v) is 4.44. The molecule has 1 fully saturated rings. The zero-order valence-electron chi connectivity index (χ0n) is 12.7. The first-order valence-corrected chi connectivity index (χ1v) is 8.70. The molecule has 2 heterocycles. The summed E-state index contributed by atoms with van der Waals surface area (Å²) in [6.07, 6.45) is 7.58. The Morgan fingerprint density at radius 1 is 1.29 bits per heavy atom. The highest BCUT2D eigenvalue weighted by atomic mass is 35.5. The quantitative estimate of drug-likeness (QED) is 0.858. The van der Waals surface area contributed by atoms with Crippen molar-refractivity contribution in [1.82, 2.24) is 10.2 Å². The molecule has 1 aliphatic carbocycles. The first-order chi connectivity index (χ1) is 9.75. The van der Waals surface area contributed by atoms with E-state index in [9.17, 15) is 4.79 Å². The Morgan fingerprint density at radius 3 is 2.81 bits per heavy atom. The van der Waals surface area contributed by atoms with E-state index in [-0.39, 0.29) is 18.3 Å². The second kappa shape index (κ2) is 7.61. The number of aryl methyl sites for hydroxylation is 2. The fraction of sp³-hybridized carbons (Fsp3) is 0.688. The van der Waals surface area contributed by atoms with Crippen LogP contribution < -0.4 is 5.32 Å². The lowest BCUT2D eigenvalue weighted by Crippen LogP contribution is -2.52. The lowest BCUT2D eigenvalue weighted by atomic mass is 9.99. The van der Waals surface area contributed by atoms with Crippen LogP contribution in [0.4, 0.5) is 0 Å². The maximum atomic E-state index is 12.7. The maximum absolute atomic E-state index is 12.7. The molecule has 0 aromatic carbocycles. The van der Waals surface area contributed by atoms with Gasteiger partial charge in [-0.05, 0) is 44.2 Å². The molecule has 1 aromatic heterocycles. The molecule has 118 valence electrons. The van der Waals surface area contributed by atoms with E-state index in [0.717, 1.165) is 30.9 Å². The van der Waals surface area contributed by atoms with Crippen LogP contribution in [0.2, 0.25) is 0 Å². The minimum absolute atomic E-state index is 0. The highest BCUT2D eigenvalue weighted by Crippen LogP contribution is 2.29. The van der Waals surface area contributed by atoms with Crippen LogP contribution in [0.1, 0.15) is 52.7 Å². The van der Waals surface area contributed by atoms with Crippen LogP contribution in [0, 0.1) is 0 Å². The summed E-state index contributed by atoms with van der Waals surface area (Å²) in [6, 6.07) is 2.49. The molecule has 1 atom stereocenters. The van der Waals surface area contributed by atoms with Gasteiger partial charge in [0.2, 0.25) is 0 Å². The van der Waals surface area contributed by atoms with Crippen LogP contribution in [0.5, 0.6) is 0 Å². The Bertz CT molecular complexity index is 463. The topological polar surface area (TPSA) is 32.3 Å². The van der Waals surface area contributed by atoms with Crippen LogP contribution in [0.15, 0.2) is 6.07 Å². The number of hydrogen-bond acceptors (Lipinski definition) is 3. The second-order valence-electron chi connectivity index (χ2n) is 6.02. The molecule has 5 heteroatoms. The molecule has 0 spiro atoms. The number of amides is 1. The maximum Gasteiger partial charge on any atom is 0.264 e. The molecule has 0 radical (unpaired) electrons. The van der Waals surface area contributed by atoms with Crippen molar-refractivity contribution in [3.63, 3.8) is 0 Å². The van der Waals surface area contributed by atoms with Gasteiger partial charge in [-0.2, -0.15) is 0 Å². The summed E-state index contributed by atoms with van der Waals surface area (Å²) in [6.45, 7) is 4.80. The molecule has 1 aromatic rings. The standard InChI is InChI=1S/C16H24N2OS.ClH/c1-12-11-17-8-9-18(12)16(19)15-10-13-6-4-2-3-5-7-14(13)20-15;/h10,12,17H,2-9,11H2,1H3;1H/t12-;/m0./s1. The van der Waals surface area contributed by atoms with E-state index in [1.165, 1.54) is 42.5 Å². The number of halogens is 1.